The highest BCUT2D eigenvalue weighted by Crippen LogP contribution is 2.36. The Hall–Kier alpha value is -3.96. The lowest BCUT2D eigenvalue weighted by atomic mass is 10.1. The van der Waals surface area contributed by atoms with Crippen LogP contribution >= 0.6 is 31.9 Å². The van der Waals surface area contributed by atoms with Crippen molar-refractivity contribution in [1.29, 1.82) is 0 Å². The van der Waals surface area contributed by atoms with Gasteiger partial charge in [-0.25, -0.2) is 14.5 Å². The molecule has 0 atom stereocenters. The molecule has 2 N–H and O–H groups in total. The molecule has 1 aliphatic heterocycles. The Labute approximate surface area is 227 Å². The number of carbonyl (C=O) groups excluding carboxylic acids is 3. The van der Waals surface area contributed by atoms with Gasteiger partial charge in [-0.05, 0) is 85.5 Å². The van der Waals surface area contributed by atoms with Gasteiger partial charge >= 0.3 is 12.0 Å². The van der Waals surface area contributed by atoms with Gasteiger partial charge in [-0.1, -0.05) is 30.3 Å². The number of anilines is 1. The van der Waals surface area contributed by atoms with Crippen molar-refractivity contribution in [3.63, 3.8) is 0 Å². The number of urea groups is 1. The van der Waals surface area contributed by atoms with Crippen molar-refractivity contribution in [2.45, 2.75) is 6.61 Å². The van der Waals surface area contributed by atoms with Gasteiger partial charge in [0.15, 0.2) is 6.61 Å². The fraction of sp³-hybridized carbons (Fsp3) is 0.0769. The summed E-state index contributed by atoms with van der Waals surface area (Å²) in [5.74, 6) is -1.99. The molecule has 0 unspecified atom stereocenters. The number of carbonyl (C=O) groups is 4. The number of carboxylic acid groups (broad SMARTS) is 1. The first kappa shape index (κ1) is 26.1. The lowest BCUT2D eigenvalue weighted by molar-refractivity contribution is -0.139. The fourth-order valence-corrected chi connectivity index (χ4v) is 4.88. The number of hydrogen-bond donors (Lipinski definition) is 2. The summed E-state index contributed by atoms with van der Waals surface area (Å²) in [6.07, 6.45) is 1.32. The van der Waals surface area contributed by atoms with Crippen LogP contribution in [0.25, 0.3) is 6.08 Å². The molecule has 1 aliphatic rings. The molecule has 0 radical (unpaired) electrons. The van der Waals surface area contributed by atoms with Crippen molar-refractivity contribution in [2.75, 3.05) is 11.5 Å². The van der Waals surface area contributed by atoms with Crippen LogP contribution in [0.1, 0.15) is 11.1 Å². The van der Waals surface area contributed by atoms with E-state index in [1.807, 2.05) is 30.3 Å². The number of carboxylic acids is 1. The number of rotatable bonds is 8. The van der Waals surface area contributed by atoms with Gasteiger partial charge in [0.25, 0.3) is 11.8 Å². The minimum Gasteiger partial charge on any atom is -0.489 e. The van der Waals surface area contributed by atoms with Gasteiger partial charge in [0, 0.05) is 0 Å². The summed E-state index contributed by atoms with van der Waals surface area (Å²) >= 11 is 6.59. The van der Waals surface area contributed by atoms with Gasteiger partial charge in [-0.15, -0.1) is 0 Å². The van der Waals surface area contributed by atoms with Gasteiger partial charge in [-0.2, -0.15) is 0 Å². The summed E-state index contributed by atoms with van der Waals surface area (Å²) in [4.78, 5) is 49.9. The normalized spacial score (nSPS) is 14.5. The number of nitrogens with one attached hydrogen (secondary N) is 1. The number of benzene rings is 3. The predicted molar refractivity (Wildman–Crippen MR) is 141 cm³/mol. The van der Waals surface area contributed by atoms with Crippen molar-refractivity contribution in [1.82, 2.24) is 5.32 Å². The van der Waals surface area contributed by atoms with Crippen LogP contribution in [0.4, 0.5) is 10.5 Å². The summed E-state index contributed by atoms with van der Waals surface area (Å²) in [6, 6.07) is 18.2. The molecule has 0 saturated carbocycles. The number of nitrogens with zero attached hydrogens (tertiary/aromatic N) is 1. The van der Waals surface area contributed by atoms with Crippen LogP contribution in [-0.2, 0) is 21.0 Å². The summed E-state index contributed by atoms with van der Waals surface area (Å²) in [5, 5.41) is 11.0. The number of halogens is 2. The van der Waals surface area contributed by atoms with Crippen molar-refractivity contribution < 1.29 is 33.8 Å². The molecule has 37 heavy (non-hydrogen) atoms. The van der Waals surface area contributed by atoms with Gasteiger partial charge in [0.2, 0.25) is 0 Å². The molecule has 4 amide bonds. The Morgan fingerprint density at radius 2 is 1.59 bits per heavy atom. The topological polar surface area (TPSA) is 122 Å². The largest absolute Gasteiger partial charge is 0.489 e. The Morgan fingerprint density at radius 1 is 0.946 bits per heavy atom. The summed E-state index contributed by atoms with van der Waals surface area (Å²) in [7, 11) is 0. The van der Waals surface area contributed by atoms with E-state index >= 15 is 0 Å². The quantitative estimate of drug-likeness (QED) is 0.268. The molecule has 4 rings (SSSR count). The van der Waals surface area contributed by atoms with Crippen molar-refractivity contribution in [2.24, 2.45) is 0 Å². The Bertz CT molecular complexity index is 1380. The Morgan fingerprint density at radius 3 is 2.22 bits per heavy atom. The molecule has 3 aromatic rings. The molecule has 1 saturated heterocycles. The monoisotopic (exact) mass is 628 g/mol. The van der Waals surface area contributed by atoms with E-state index in [0.29, 0.717) is 26.9 Å². The maximum Gasteiger partial charge on any atom is 0.341 e. The number of hydrogen-bond acceptors (Lipinski definition) is 6. The van der Waals surface area contributed by atoms with E-state index in [9.17, 15) is 19.2 Å². The van der Waals surface area contributed by atoms with Crippen LogP contribution in [-0.4, -0.2) is 35.5 Å². The summed E-state index contributed by atoms with van der Waals surface area (Å²) < 4.78 is 11.8. The van der Waals surface area contributed by atoms with Gasteiger partial charge in [-0.3, -0.25) is 14.9 Å². The molecular formula is C26H18Br2N2O7. The first-order valence-electron chi connectivity index (χ1n) is 10.7. The van der Waals surface area contributed by atoms with E-state index in [2.05, 4.69) is 37.2 Å². The molecule has 188 valence electrons. The zero-order chi connectivity index (χ0) is 26.5. The highest BCUT2D eigenvalue weighted by Gasteiger charge is 2.36. The minimum absolute atomic E-state index is 0.246. The number of amides is 4. The van der Waals surface area contributed by atoms with Crippen molar-refractivity contribution in [3.8, 4) is 11.5 Å². The van der Waals surface area contributed by atoms with E-state index < -0.39 is 30.4 Å². The molecule has 0 spiro atoms. The molecule has 0 aliphatic carbocycles. The number of imide groups is 2. The second kappa shape index (κ2) is 11.4. The first-order chi connectivity index (χ1) is 17.7. The van der Waals surface area contributed by atoms with Gasteiger partial charge < -0.3 is 14.6 Å². The molecule has 11 heteroatoms. The third kappa shape index (κ3) is 6.25. The molecule has 1 fully saturated rings. The zero-order valence-electron chi connectivity index (χ0n) is 18.9. The highest BCUT2D eigenvalue weighted by molar-refractivity contribution is 9.11. The molecule has 3 aromatic carbocycles. The minimum atomic E-state index is -1.14. The van der Waals surface area contributed by atoms with Crippen LogP contribution < -0.4 is 19.7 Å². The van der Waals surface area contributed by atoms with Gasteiger partial charge in [0.05, 0.1) is 14.6 Å². The molecule has 9 nitrogen and oxygen atoms in total. The average molecular weight is 630 g/mol. The number of barbiturate groups is 1. The third-order valence-corrected chi connectivity index (χ3v) is 6.29. The van der Waals surface area contributed by atoms with Crippen LogP contribution in [0, 0.1) is 0 Å². The molecular weight excluding hydrogens is 612 g/mol. The Kier molecular flexibility index (Phi) is 8.04. The standard InChI is InChI=1S/C26H18Br2N2O7/c27-20-11-16(12-21(28)23(20)37-14-22(31)32)10-19-24(33)29-26(35)30(25(19)34)17-6-8-18(9-7-17)36-13-15-4-2-1-3-5-15/h1-12H,13-14H2,(H,31,32)(H,29,33,35)/b19-10+. The lowest BCUT2D eigenvalue weighted by Crippen LogP contribution is -2.54. The second-order valence-corrected chi connectivity index (χ2v) is 9.43. The highest BCUT2D eigenvalue weighted by atomic mass is 79.9. The number of aliphatic carboxylic acids is 1. The fourth-order valence-electron chi connectivity index (χ4n) is 3.43. The molecule has 1 heterocycles. The van der Waals surface area contributed by atoms with Crippen molar-refractivity contribution >= 4 is 67.4 Å². The van der Waals surface area contributed by atoms with E-state index in [-0.39, 0.29) is 17.0 Å². The van der Waals surface area contributed by atoms with E-state index in [4.69, 9.17) is 14.6 Å². The second-order valence-electron chi connectivity index (χ2n) is 7.72. The number of ether oxygens (including phenoxy) is 2. The summed E-state index contributed by atoms with van der Waals surface area (Å²) in [6.45, 7) is -0.193. The predicted octanol–water partition coefficient (Wildman–Crippen LogP) is 4.92. The van der Waals surface area contributed by atoms with E-state index in [1.165, 1.54) is 6.08 Å². The first-order valence-corrected chi connectivity index (χ1v) is 12.3. The van der Waals surface area contributed by atoms with Crippen LogP contribution in [0.2, 0.25) is 0 Å². The van der Waals surface area contributed by atoms with Crippen molar-refractivity contribution in [3.05, 3.63) is 92.4 Å². The molecule has 0 aromatic heterocycles. The van der Waals surface area contributed by atoms with Crippen LogP contribution in [0.15, 0.2) is 81.2 Å². The Balaban J connectivity index is 1.54. The molecule has 0 bridgehead atoms. The maximum absolute atomic E-state index is 13.2. The third-order valence-electron chi connectivity index (χ3n) is 5.12. The van der Waals surface area contributed by atoms with Gasteiger partial charge in [0.1, 0.15) is 23.7 Å². The SMILES string of the molecule is O=C(O)COc1c(Br)cc(/C=C2\C(=O)NC(=O)N(c3ccc(OCc4ccccc4)cc3)C2=O)cc1Br. The lowest BCUT2D eigenvalue weighted by Gasteiger charge is -2.26. The van der Waals surface area contributed by atoms with Crippen LogP contribution in [0.3, 0.4) is 0 Å². The smallest absolute Gasteiger partial charge is 0.341 e. The van der Waals surface area contributed by atoms with E-state index in [0.717, 1.165) is 10.5 Å². The van der Waals surface area contributed by atoms with Crippen LogP contribution in [0.5, 0.6) is 11.5 Å². The van der Waals surface area contributed by atoms with E-state index in [1.54, 1.807) is 36.4 Å². The summed E-state index contributed by atoms with van der Waals surface area (Å²) in [5.41, 5.74) is 1.42. The maximum atomic E-state index is 13.2. The average Bonchev–Trinajstić information content (AvgIpc) is 2.86. The zero-order valence-corrected chi connectivity index (χ0v) is 22.1.